The Morgan fingerprint density at radius 3 is 2.24 bits per heavy atom. The van der Waals surface area contributed by atoms with Crippen LogP contribution in [-0.2, 0) is 26.2 Å². The summed E-state index contributed by atoms with van der Waals surface area (Å²) in [5, 5.41) is 14.1. The van der Waals surface area contributed by atoms with Crippen LogP contribution in [0.3, 0.4) is 0 Å². The Bertz CT molecular complexity index is 1510. The summed E-state index contributed by atoms with van der Waals surface area (Å²) < 4.78 is 47.4. The number of nitro benzene ring substituents is 1. The van der Waals surface area contributed by atoms with E-state index < -0.39 is 50.9 Å². The average Bonchev–Trinajstić information content (AvgIpc) is 2.96. The van der Waals surface area contributed by atoms with E-state index in [1.807, 2.05) is 0 Å². The zero-order valence-electron chi connectivity index (χ0n) is 23.0. The summed E-state index contributed by atoms with van der Waals surface area (Å²) in [4.78, 5) is 38.3. The summed E-state index contributed by atoms with van der Waals surface area (Å²) in [5.74, 6) is -1.22. The van der Waals surface area contributed by atoms with Crippen LogP contribution in [0.1, 0.15) is 24.5 Å². The van der Waals surface area contributed by atoms with Gasteiger partial charge in [-0.1, -0.05) is 25.1 Å². The first-order valence-electron chi connectivity index (χ1n) is 12.6. The van der Waals surface area contributed by atoms with Gasteiger partial charge >= 0.3 is 0 Å². The monoisotopic (exact) mass is 586 g/mol. The number of amides is 2. The summed E-state index contributed by atoms with van der Waals surface area (Å²) in [7, 11) is -1.66. The zero-order chi connectivity index (χ0) is 30.3. The first-order valence-corrected chi connectivity index (χ1v) is 14.0. The zero-order valence-corrected chi connectivity index (χ0v) is 23.9. The number of hydrogen-bond donors (Lipinski definition) is 1. The summed E-state index contributed by atoms with van der Waals surface area (Å²) in [6.07, 6.45) is 0.214. The SMILES string of the molecule is CC[C@H](C(=O)NC)N(Cc1ccc(F)cc1)C(=O)CN(c1ccc(OC)cc1)S(=O)(=O)c1ccc(C)c([N+](=O)[O-])c1. The van der Waals surface area contributed by atoms with E-state index in [4.69, 9.17) is 4.74 Å². The second-order valence-electron chi connectivity index (χ2n) is 9.10. The quantitative estimate of drug-likeness (QED) is 0.252. The molecule has 0 saturated heterocycles. The van der Waals surface area contributed by atoms with Crippen molar-refractivity contribution in [1.29, 1.82) is 0 Å². The Hall–Kier alpha value is -4.52. The fourth-order valence-corrected chi connectivity index (χ4v) is 5.66. The predicted molar refractivity (Wildman–Crippen MR) is 150 cm³/mol. The van der Waals surface area contributed by atoms with Crippen LogP contribution in [0.2, 0.25) is 0 Å². The summed E-state index contributed by atoms with van der Waals surface area (Å²) in [6.45, 7) is 2.35. The first-order chi connectivity index (χ1) is 19.4. The molecule has 3 aromatic carbocycles. The number of nitrogens with zero attached hydrogens (tertiary/aromatic N) is 3. The summed E-state index contributed by atoms with van der Waals surface area (Å²) >= 11 is 0. The lowest BCUT2D eigenvalue weighted by atomic mass is 10.1. The van der Waals surface area contributed by atoms with Crippen LogP contribution in [-0.4, -0.2) is 56.8 Å². The Morgan fingerprint density at radius 1 is 1.07 bits per heavy atom. The van der Waals surface area contributed by atoms with Gasteiger partial charge in [0.25, 0.3) is 15.7 Å². The Kier molecular flexibility index (Phi) is 10.0. The molecule has 0 aliphatic carbocycles. The van der Waals surface area contributed by atoms with Gasteiger partial charge in [0, 0.05) is 25.2 Å². The van der Waals surface area contributed by atoms with E-state index in [1.54, 1.807) is 6.92 Å². The van der Waals surface area contributed by atoms with Crippen molar-refractivity contribution in [2.45, 2.75) is 37.8 Å². The molecule has 11 nitrogen and oxygen atoms in total. The van der Waals surface area contributed by atoms with Crippen molar-refractivity contribution in [2.75, 3.05) is 25.0 Å². The molecular weight excluding hydrogens is 555 g/mol. The second kappa shape index (κ2) is 13.2. The molecule has 0 aliphatic rings. The molecule has 41 heavy (non-hydrogen) atoms. The minimum Gasteiger partial charge on any atom is -0.497 e. The van der Waals surface area contributed by atoms with E-state index in [0.29, 0.717) is 11.3 Å². The molecule has 1 N–H and O–H groups in total. The number of hydrogen-bond acceptors (Lipinski definition) is 7. The van der Waals surface area contributed by atoms with Gasteiger partial charge in [-0.3, -0.25) is 24.0 Å². The molecule has 0 heterocycles. The topological polar surface area (TPSA) is 139 Å². The number of halogens is 1. The third kappa shape index (κ3) is 7.17. The molecule has 0 unspecified atom stereocenters. The van der Waals surface area contributed by atoms with Crippen molar-refractivity contribution < 1.29 is 32.1 Å². The average molecular weight is 587 g/mol. The molecule has 0 saturated carbocycles. The molecular formula is C28H31FN4O7S. The molecule has 0 bridgehead atoms. The number of rotatable bonds is 12. The highest BCUT2D eigenvalue weighted by molar-refractivity contribution is 7.92. The maximum Gasteiger partial charge on any atom is 0.273 e. The van der Waals surface area contributed by atoms with Gasteiger partial charge in [0.1, 0.15) is 24.2 Å². The van der Waals surface area contributed by atoms with Crippen molar-refractivity contribution in [3.8, 4) is 5.75 Å². The lowest BCUT2D eigenvalue weighted by Gasteiger charge is -2.33. The van der Waals surface area contributed by atoms with Gasteiger partial charge in [-0.25, -0.2) is 12.8 Å². The number of benzene rings is 3. The van der Waals surface area contributed by atoms with Crippen LogP contribution < -0.4 is 14.4 Å². The Morgan fingerprint density at radius 2 is 1.71 bits per heavy atom. The Balaban J connectivity index is 2.11. The fourth-order valence-electron chi connectivity index (χ4n) is 4.22. The van der Waals surface area contributed by atoms with Gasteiger partial charge in [-0.15, -0.1) is 0 Å². The number of anilines is 1. The van der Waals surface area contributed by atoms with E-state index in [2.05, 4.69) is 5.32 Å². The number of carbonyl (C=O) groups excluding carboxylic acids is 2. The number of ether oxygens (including phenoxy) is 1. The van der Waals surface area contributed by atoms with Crippen molar-refractivity contribution >= 4 is 33.2 Å². The second-order valence-corrected chi connectivity index (χ2v) is 11.0. The number of carbonyl (C=O) groups is 2. The predicted octanol–water partition coefficient (Wildman–Crippen LogP) is 3.80. The fraction of sp³-hybridized carbons (Fsp3) is 0.286. The Labute approximate surface area is 237 Å². The highest BCUT2D eigenvalue weighted by atomic mass is 32.2. The summed E-state index contributed by atoms with van der Waals surface area (Å²) in [6, 6.07) is 13.8. The third-order valence-electron chi connectivity index (χ3n) is 6.50. The minimum atomic E-state index is -4.52. The maximum atomic E-state index is 13.9. The molecule has 0 aromatic heterocycles. The van der Waals surface area contributed by atoms with Crippen LogP contribution >= 0.6 is 0 Å². The van der Waals surface area contributed by atoms with Gasteiger partial charge in [0.05, 0.1) is 22.6 Å². The van der Waals surface area contributed by atoms with Gasteiger partial charge in [0.2, 0.25) is 11.8 Å². The number of sulfonamides is 1. The molecule has 0 spiro atoms. The number of likely N-dealkylation sites (N-methyl/N-ethyl adjacent to an activating group) is 1. The lowest BCUT2D eigenvalue weighted by Crippen LogP contribution is -2.51. The van der Waals surface area contributed by atoms with Crippen LogP contribution in [0, 0.1) is 22.9 Å². The van der Waals surface area contributed by atoms with Gasteiger partial charge in [-0.05, 0) is 61.4 Å². The van der Waals surface area contributed by atoms with E-state index in [9.17, 15) is 32.5 Å². The number of nitro groups is 1. The number of nitrogens with one attached hydrogen (secondary N) is 1. The van der Waals surface area contributed by atoms with Crippen molar-refractivity contribution in [2.24, 2.45) is 0 Å². The molecule has 0 radical (unpaired) electrons. The number of aryl methyl sites for hydroxylation is 1. The van der Waals surface area contributed by atoms with E-state index in [0.717, 1.165) is 10.4 Å². The van der Waals surface area contributed by atoms with E-state index >= 15 is 0 Å². The molecule has 13 heteroatoms. The maximum absolute atomic E-state index is 13.9. The minimum absolute atomic E-state index is 0.0945. The molecule has 0 aliphatic heterocycles. The van der Waals surface area contributed by atoms with Crippen LogP contribution in [0.4, 0.5) is 15.8 Å². The normalized spacial score (nSPS) is 11.8. The van der Waals surface area contributed by atoms with Gasteiger partial charge in [0.15, 0.2) is 0 Å². The standard InChI is InChI=1S/C28H31FN4O7S/c1-5-25(28(35)30-3)31(17-20-7-9-21(29)10-8-20)27(34)18-32(22-11-13-23(40-4)14-12-22)41(38,39)24-15-6-19(2)26(16-24)33(36)37/h6-16,25H,5,17-18H2,1-4H3,(H,30,35)/t25-/m1/s1. The van der Waals surface area contributed by atoms with Crippen LogP contribution in [0.5, 0.6) is 5.75 Å². The summed E-state index contributed by atoms with van der Waals surface area (Å²) in [5.41, 5.74) is 0.491. The van der Waals surface area contributed by atoms with Gasteiger partial charge < -0.3 is 15.0 Å². The highest BCUT2D eigenvalue weighted by Crippen LogP contribution is 2.29. The van der Waals surface area contributed by atoms with Crippen LogP contribution in [0.25, 0.3) is 0 Å². The molecule has 218 valence electrons. The largest absolute Gasteiger partial charge is 0.497 e. The van der Waals surface area contributed by atoms with Gasteiger partial charge in [-0.2, -0.15) is 0 Å². The molecule has 3 rings (SSSR count). The number of methoxy groups -OCH3 is 1. The highest BCUT2D eigenvalue weighted by Gasteiger charge is 2.34. The lowest BCUT2D eigenvalue weighted by molar-refractivity contribution is -0.385. The molecule has 0 fully saturated rings. The smallest absolute Gasteiger partial charge is 0.273 e. The molecule has 3 aromatic rings. The molecule has 2 amide bonds. The van der Waals surface area contributed by atoms with Crippen LogP contribution in [0.15, 0.2) is 71.6 Å². The first kappa shape index (κ1) is 31.0. The van der Waals surface area contributed by atoms with Crippen molar-refractivity contribution in [3.05, 3.63) is 93.8 Å². The van der Waals surface area contributed by atoms with Crippen molar-refractivity contribution in [1.82, 2.24) is 10.2 Å². The van der Waals surface area contributed by atoms with E-state index in [-0.39, 0.29) is 29.1 Å². The third-order valence-corrected chi connectivity index (χ3v) is 8.27. The van der Waals surface area contributed by atoms with E-state index in [1.165, 1.54) is 86.6 Å². The van der Waals surface area contributed by atoms with Crippen molar-refractivity contribution in [3.63, 3.8) is 0 Å². The molecule has 1 atom stereocenters.